The summed E-state index contributed by atoms with van der Waals surface area (Å²) in [5.74, 6) is 1.08. The van der Waals surface area contributed by atoms with E-state index in [9.17, 15) is 22.8 Å². The molecule has 2 bridgehead atoms. The molecule has 5 atom stereocenters. The summed E-state index contributed by atoms with van der Waals surface area (Å²) in [6.07, 6.45) is -0.996. The van der Waals surface area contributed by atoms with E-state index in [-0.39, 0.29) is 23.0 Å². The second-order valence-corrected chi connectivity index (χ2v) is 13.1. The molecular formula is C30H32F3N3O2S2. The topological polar surface area (TPSA) is 54.3 Å². The van der Waals surface area contributed by atoms with Crippen LogP contribution in [0.15, 0.2) is 58.4 Å². The maximum absolute atomic E-state index is 13.5. The first kappa shape index (κ1) is 27.4. The molecule has 2 fully saturated rings. The van der Waals surface area contributed by atoms with Gasteiger partial charge in [0.05, 0.1) is 16.3 Å². The van der Waals surface area contributed by atoms with Crippen molar-refractivity contribution in [3.8, 4) is 0 Å². The van der Waals surface area contributed by atoms with E-state index < -0.39 is 17.6 Å². The van der Waals surface area contributed by atoms with Crippen molar-refractivity contribution in [3.05, 3.63) is 74.2 Å². The minimum Gasteiger partial charge on any atom is -0.372 e. The molecule has 5 nitrogen and oxygen atoms in total. The normalized spacial score (nSPS) is 25.0. The van der Waals surface area contributed by atoms with Crippen molar-refractivity contribution in [1.82, 2.24) is 4.57 Å². The van der Waals surface area contributed by atoms with E-state index in [0.717, 1.165) is 29.1 Å². The monoisotopic (exact) mass is 587 g/mol. The molecule has 0 saturated heterocycles. The third kappa shape index (κ3) is 4.76. The number of nitrogens with one attached hydrogen (secondary N) is 1. The minimum absolute atomic E-state index is 0.0790. The van der Waals surface area contributed by atoms with Gasteiger partial charge in [-0.25, -0.2) is 0 Å². The van der Waals surface area contributed by atoms with Gasteiger partial charge in [0, 0.05) is 34.8 Å². The molecule has 6 rings (SSSR count). The zero-order valence-electron chi connectivity index (χ0n) is 22.4. The summed E-state index contributed by atoms with van der Waals surface area (Å²) in [6.45, 7) is 5.81. The molecule has 0 radical (unpaired) electrons. The Kier molecular flexibility index (Phi) is 7.27. The van der Waals surface area contributed by atoms with Gasteiger partial charge in [0.2, 0.25) is 5.91 Å². The van der Waals surface area contributed by atoms with Gasteiger partial charge in [-0.15, -0.1) is 11.8 Å². The fourth-order valence-corrected chi connectivity index (χ4v) is 10.3. The highest BCUT2D eigenvalue weighted by Crippen LogP contribution is 2.64. The van der Waals surface area contributed by atoms with Gasteiger partial charge in [-0.05, 0) is 80.7 Å². The van der Waals surface area contributed by atoms with Crippen LogP contribution in [0.25, 0.3) is 0 Å². The lowest BCUT2D eigenvalue weighted by Gasteiger charge is -2.40. The van der Waals surface area contributed by atoms with Crippen molar-refractivity contribution < 1.29 is 18.0 Å². The van der Waals surface area contributed by atoms with E-state index in [1.807, 2.05) is 0 Å². The Morgan fingerprint density at radius 2 is 1.75 bits per heavy atom. The van der Waals surface area contributed by atoms with Crippen molar-refractivity contribution in [2.75, 3.05) is 23.3 Å². The smallest absolute Gasteiger partial charge is 0.372 e. The number of hydrogen-bond donors (Lipinski definition) is 1. The number of nitrogens with zero attached hydrogens (tertiary/aromatic N) is 2. The molecule has 3 aromatic rings. The first-order valence-corrected chi connectivity index (χ1v) is 15.6. The molecule has 5 unspecified atom stereocenters. The van der Waals surface area contributed by atoms with Crippen LogP contribution in [0.5, 0.6) is 0 Å². The summed E-state index contributed by atoms with van der Waals surface area (Å²) in [6, 6.07) is 13.6. The Morgan fingerprint density at radius 3 is 2.45 bits per heavy atom. The van der Waals surface area contributed by atoms with Crippen molar-refractivity contribution in [2.24, 2.45) is 17.8 Å². The number of alkyl halides is 3. The molecule has 2 aromatic carbocycles. The molecule has 1 N–H and O–H groups in total. The van der Waals surface area contributed by atoms with Crippen LogP contribution in [0, 0.1) is 17.8 Å². The van der Waals surface area contributed by atoms with Crippen LogP contribution in [0.4, 0.5) is 24.5 Å². The highest BCUT2D eigenvalue weighted by Gasteiger charge is 2.55. The van der Waals surface area contributed by atoms with Crippen LogP contribution in [0.3, 0.4) is 0 Å². The number of anilines is 2. The Labute approximate surface area is 239 Å². The molecule has 2 aliphatic carbocycles. The fraction of sp³-hybridized carbons (Fsp3) is 0.467. The number of rotatable bonds is 7. The standard InChI is InChI=1S/C30H32F3N3O2S2/c1-3-35(4-2)20-13-11-17(12-14-20)24-25-18-9-10-19(15-18)26(25)39-28-27(24)40-29(38)36(28)16-23(37)34-22-8-6-5-7-21(22)30(31,32)33/h5-8,11-14,18-19,24-26H,3-4,9-10,15-16H2,1-2H3,(H,34,37). The molecular weight excluding hydrogens is 555 g/mol. The van der Waals surface area contributed by atoms with Gasteiger partial charge in [-0.2, -0.15) is 13.2 Å². The largest absolute Gasteiger partial charge is 0.418 e. The fourth-order valence-electron chi connectivity index (χ4n) is 7.11. The molecule has 2 saturated carbocycles. The zero-order valence-corrected chi connectivity index (χ0v) is 24.0. The van der Waals surface area contributed by atoms with Crippen molar-refractivity contribution in [1.29, 1.82) is 0 Å². The number of halogens is 3. The summed E-state index contributed by atoms with van der Waals surface area (Å²) in [5.41, 5.74) is 1.15. The van der Waals surface area contributed by atoms with Gasteiger partial charge >= 0.3 is 11.0 Å². The average Bonchev–Trinajstić information content (AvgIpc) is 3.63. The average molecular weight is 588 g/mol. The Hall–Kier alpha value is -2.72. The van der Waals surface area contributed by atoms with Crippen molar-refractivity contribution in [2.45, 2.75) is 62.0 Å². The number of thioether (sulfide) groups is 1. The van der Waals surface area contributed by atoms with Gasteiger partial charge in [-0.1, -0.05) is 35.6 Å². The van der Waals surface area contributed by atoms with Gasteiger partial charge in [0.1, 0.15) is 6.54 Å². The SMILES string of the molecule is CCN(CC)c1ccc(C2c3sc(=O)n(CC(=O)Nc4ccccc4C(F)(F)F)c3SC3C4CCC(C4)C23)cc1. The second kappa shape index (κ2) is 10.6. The number of carbonyl (C=O) groups excluding carboxylic acids is 1. The summed E-state index contributed by atoms with van der Waals surface area (Å²) in [4.78, 5) is 29.4. The summed E-state index contributed by atoms with van der Waals surface area (Å²) >= 11 is 2.90. The molecule has 1 aliphatic heterocycles. The second-order valence-electron chi connectivity index (χ2n) is 10.9. The minimum atomic E-state index is -4.59. The van der Waals surface area contributed by atoms with E-state index in [4.69, 9.17) is 0 Å². The number of hydrogen-bond acceptors (Lipinski definition) is 5. The molecule has 1 aromatic heterocycles. The van der Waals surface area contributed by atoms with Crippen molar-refractivity contribution in [3.63, 3.8) is 0 Å². The summed E-state index contributed by atoms with van der Waals surface area (Å²) in [7, 11) is 0. The molecule has 40 heavy (non-hydrogen) atoms. The van der Waals surface area contributed by atoms with Crippen molar-refractivity contribution >= 4 is 40.4 Å². The maximum atomic E-state index is 13.5. The lowest BCUT2D eigenvalue weighted by atomic mass is 9.75. The molecule has 2 heterocycles. The number of thiazole rings is 1. The Bertz CT molecular complexity index is 1460. The Balaban J connectivity index is 1.34. The number of fused-ring (bicyclic) bond motifs is 6. The zero-order chi connectivity index (χ0) is 28.2. The lowest BCUT2D eigenvalue weighted by molar-refractivity contribution is -0.137. The highest BCUT2D eigenvalue weighted by atomic mass is 32.2. The predicted octanol–water partition coefficient (Wildman–Crippen LogP) is 7.07. The highest BCUT2D eigenvalue weighted by molar-refractivity contribution is 8.00. The van der Waals surface area contributed by atoms with E-state index in [1.54, 1.807) is 11.8 Å². The quantitative estimate of drug-likeness (QED) is 0.322. The summed E-state index contributed by atoms with van der Waals surface area (Å²) < 4.78 is 41.9. The maximum Gasteiger partial charge on any atom is 0.418 e. The van der Waals surface area contributed by atoms with E-state index >= 15 is 0 Å². The number of carbonyl (C=O) groups is 1. The van der Waals surface area contributed by atoms with Gasteiger partial charge < -0.3 is 10.2 Å². The van der Waals surface area contributed by atoms with Crippen LogP contribution in [-0.4, -0.2) is 28.8 Å². The first-order valence-electron chi connectivity index (χ1n) is 13.9. The van der Waals surface area contributed by atoms with Crippen LogP contribution >= 0.6 is 23.1 Å². The third-order valence-electron chi connectivity index (χ3n) is 8.88. The van der Waals surface area contributed by atoms with Crippen LogP contribution < -0.4 is 15.1 Å². The molecule has 3 aliphatic rings. The number of amides is 1. The van der Waals surface area contributed by atoms with Gasteiger partial charge in [0.15, 0.2) is 0 Å². The van der Waals surface area contributed by atoms with Gasteiger partial charge in [0.25, 0.3) is 0 Å². The Morgan fingerprint density at radius 1 is 1.05 bits per heavy atom. The molecule has 212 valence electrons. The predicted molar refractivity (Wildman–Crippen MR) is 154 cm³/mol. The van der Waals surface area contributed by atoms with Crippen LogP contribution in [-0.2, 0) is 17.5 Å². The molecule has 10 heteroatoms. The number of aromatic nitrogens is 1. The van der Waals surface area contributed by atoms with Crippen LogP contribution in [0.1, 0.15) is 55.0 Å². The lowest BCUT2D eigenvalue weighted by Crippen LogP contribution is -2.35. The van der Waals surface area contributed by atoms with Crippen LogP contribution in [0.2, 0.25) is 0 Å². The summed E-state index contributed by atoms with van der Waals surface area (Å²) in [5, 5.41) is 3.58. The third-order valence-corrected chi connectivity index (χ3v) is 11.7. The number of benzene rings is 2. The van der Waals surface area contributed by atoms with E-state index in [2.05, 4.69) is 48.3 Å². The van der Waals surface area contributed by atoms with E-state index in [1.165, 1.54) is 64.6 Å². The van der Waals surface area contributed by atoms with Gasteiger partial charge in [-0.3, -0.25) is 14.2 Å². The molecule has 1 amide bonds. The van der Waals surface area contributed by atoms with E-state index in [0.29, 0.717) is 23.0 Å². The number of para-hydroxylation sites is 1. The first-order chi connectivity index (χ1) is 19.2. The molecule has 0 spiro atoms.